The maximum Gasteiger partial charge on any atom is 0.131 e. The summed E-state index contributed by atoms with van der Waals surface area (Å²) in [4.78, 5) is 4.78. The first kappa shape index (κ1) is 17.2. The normalized spacial score (nSPS) is 10.7. The molecular weight excluding hydrogens is 357 g/mol. The summed E-state index contributed by atoms with van der Waals surface area (Å²) in [6, 6.07) is 30.5. The minimum atomic E-state index is -0.245. The number of hydrogen-bond donors (Lipinski definition) is 0. The molecule has 2 heteroatoms. The number of para-hydroxylation sites is 1. The molecule has 0 radical (unpaired) electrons. The van der Waals surface area contributed by atoms with Gasteiger partial charge in [-0.15, -0.1) is 0 Å². The highest BCUT2D eigenvalue weighted by molar-refractivity contribution is 6.09. The SMILES string of the molecule is Fc1ccccc1-c1c2ccccc2nc2ccc(C#Cc3ccccc3)cc12. The van der Waals surface area contributed by atoms with Gasteiger partial charge in [-0.3, -0.25) is 0 Å². The van der Waals surface area contributed by atoms with E-state index in [2.05, 4.69) is 11.8 Å². The third-order valence-electron chi connectivity index (χ3n) is 4.95. The monoisotopic (exact) mass is 373 g/mol. The molecule has 0 amide bonds. The van der Waals surface area contributed by atoms with Crippen molar-refractivity contribution in [2.24, 2.45) is 0 Å². The van der Waals surface area contributed by atoms with Gasteiger partial charge in [-0.05, 0) is 42.5 Å². The van der Waals surface area contributed by atoms with E-state index in [1.54, 1.807) is 6.07 Å². The van der Waals surface area contributed by atoms with Gasteiger partial charge < -0.3 is 0 Å². The zero-order valence-corrected chi connectivity index (χ0v) is 15.6. The number of rotatable bonds is 1. The molecule has 0 fully saturated rings. The molecule has 0 atom stereocenters. The highest BCUT2D eigenvalue weighted by Crippen LogP contribution is 2.36. The van der Waals surface area contributed by atoms with Crippen LogP contribution in [0.1, 0.15) is 11.1 Å². The van der Waals surface area contributed by atoms with Crippen LogP contribution in [0.25, 0.3) is 32.9 Å². The minimum absolute atomic E-state index is 0.245. The zero-order chi connectivity index (χ0) is 19.6. The number of fused-ring (bicyclic) bond motifs is 2. The van der Waals surface area contributed by atoms with Crippen LogP contribution >= 0.6 is 0 Å². The van der Waals surface area contributed by atoms with Gasteiger partial charge in [0.2, 0.25) is 0 Å². The molecule has 1 heterocycles. The van der Waals surface area contributed by atoms with Crippen molar-refractivity contribution in [3.05, 3.63) is 114 Å². The van der Waals surface area contributed by atoms with E-state index >= 15 is 0 Å². The number of halogens is 1. The number of nitrogens with zero attached hydrogens (tertiary/aromatic N) is 1. The van der Waals surface area contributed by atoms with Crippen LogP contribution in [0.3, 0.4) is 0 Å². The Morgan fingerprint density at radius 2 is 1.28 bits per heavy atom. The minimum Gasteiger partial charge on any atom is -0.248 e. The summed E-state index contributed by atoms with van der Waals surface area (Å²) in [6.45, 7) is 0. The first-order valence-electron chi connectivity index (χ1n) is 9.44. The van der Waals surface area contributed by atoms with Crippen LogP contribution in [-0.2, 0) is 0 Å². The fourth-order valence-corrected chi connectivity index (χ4v) is 3.59. The Labute approximate surface area is 168 Å². The van der Waals surface area contributed by atoms with E-state index < -0.39 is 0 Å². The summed E-state index contributed by atoms with van der Waals surface area (Å²) in [6.07, 6.45) is 0. The van der Waals surface area contributed by atoms with Gasteiger partial charge in [-0.25, -0.2) is 9.37 Å². The molecule has 4 aromatic carbocycles. The van der Waals surface area contributed by atoms with Gasteiger partial charge in [0.15, 0.2) is 0 Å². The van der Waals surface area contributed by atoms with Crippen molar-refractivity contribution >= 4 is 21.8 Å². The van der Waals surface area contributed by atoms with Crippen molar-refractivity contribution in [1.29, 1.82) is 0 Å². The molecule has 0 spiro atoms. The van der Waals surface area contributed by atoms with Crippen molar-refractivity contribution in [3.8, 4) is 23.0 Å². The summed E-state index contributed by atoms with van der Waals surface area (Å²) >= 11 is 0. The Morgan fingerprint density at radius 1 is 0.586 bits per heavy atom. The van der Waals surface area contributed by atoms with Crippen molar-refractivity contribution in [2.75, 3.05) is 0 Å². The van der Waals surface area contributed by atoms with Crippen LogP contribution in [0.2, 0.25) is 0 Å². The van der Waals surface area contributed by atoms with Crippen LogP contribution in [0.15, 0.2) is 97.1 Å². The topological polar surface area (TPSA) is 12.9 Å². The predicted molar refractivity (Wildman–Crippen MR) is 117 cm³/mol. The zero-order valence-electron chi connectivity index (χ0n) is 15.6. The Balaban J connectivity index is 1.79. The molecule has 0 N–H and O–H groups in total. The smallest absolute Gasteiger partial charge is 0.131 e. The Bertz CT molecular complexity index is 1410. The van der Waals surface area contributed by atoms with Gasteiger partial charge in [-0.2, -0.15) is 0 Å². The second-order valence-electron chi connectivity index (χ2n) is 6.83. The summed E-state index contributed by atoms with van der Waals surface area (Å²) < 4.78 is 14.8. The number of aromatic nitrogens is 1. The second-order valence-corrected chi connectivity index (χ2v) is 6.83. The van der Waals surface area contributed by atoms with Gasteiger partial charge in [-0.1, -0.05) is 66.4 Å². The molecule has 0 unspecified atom stereocenters. The standard InChI is InChI=1S/C27H16FN/c28-24-12-6-4-10-21(24)27-22-11-5-7-13-25(22)29-26-17-16-20(18-23(26)27)15-14-19-8-2-1-3-9-19/h1-13,16-18H. The molecule has 0 aliphatic heterocycles. The maximum atomic E-state index is 14.8. The van der Waals surface area contributed by atoms with E-state index in [0.717, 1.165) is 38.5 Å². The van der Waals surface area contributed by atoms with Gasteiger partial charge in [0.1, 0.15) is 5.82 Å². The summed E-state index contributed by atoms with van der Waals surface area (Å²) in [7, 11) is 0. The van der Waals surface area contributed by atoms with Gasteiger partial charge >= 0.3 is 0 Å². The highest BCUT2D eigenvalue weighted by Gasteiger charge is 2.14. The van der Waals surface area contributed by atoms with Crippen molar-refractivity contribution < 1.29 is 4.39 Å². The summed E-state index contributed by atoms with van der Waals surface area (Å²) in [5.41, 5.74) is 4.93. The molecular formula is C27H16FN. The Hall–Kier alpha value is -3.96. The molecule has 136 valence electrons. The lowest BCUT2D eigenvalue weighted by Crippen LogP contribution is -1.92. The summed E-state index contributed by atoms with van der Waals surface area (Å²) in [5, 5.41) is 1.83. The Kier molecular flexibility index (Phi) is 4.27. The van der Waals surface area contributed by atoms with Gasteiger partial charge in [0.25, 0.3) is 0 Å². The molecule has 1 nitrogen and oxygen atoms in total. The molecule has 0 saturated carbocycles. The number of hydrogen-bond acceptors (Lipinski definition) is 1. The lowest BCUT2D eigenvalue weighted by molar-refractivity contribution is 0.631. The van der Waals surface area contributed by atoms with Crippen LogP contribution in [0.4, 0.5) is 4.39 Å². The number of benzene rings is 4. The molecule has 0 aliphatic carbocycles. The van der Waals surface area contributed by atoms with E-state index in [1.165, 1.54) is 6.07 Å². The first-order chi connectivity index (χ1) is 14.3. The molecule has 5 aromatic rings. The lowest BCUT2D eigenvalue weighted by Gasteiger charge is -2.12. The Morgan fingerprint density at radius 3 is 2.14 bits per heavy atom. The fraction of sp³-hybridized carbons (Fsp3) is 0. The predicted octanol–water partition coefficient (Wildman–Crippen LogP) is 6.59. The molecule has 0 bridgehead atoms. The van der Waals surface area contributed by atoms with E-state index in [9.17, 15) is 4.39 Å². The average molecular weight is 373 g/mol. The van der Waals surface area contributed by atoms with Crippen molar-refractivity contribution in [1.82, 2.24) is 4.98 Å². The van der Waals surface area contributed by atoms with Crippen LogP contribution in [0.5, 0.6) is 0 Å². The van der Waals surface area contributed by atoms with Crippen molar-refractivity contribution in [3.63, 3.8) is 0 Å². The lowest BCUT2D eigenvalue weighted by atomic mass is 9.95. The third-order valence-corrected chi connectivity index (χ3v) is 4.95. The van der Waals surface area contributed by atoms with E-state index in [-0.39, 0.29) is 5.82 Å². The van der Waals surface area contributed by atoms with E-state index in [1.807, 2.05) is 84.9 Å². The number of pyridine rings is 1. The average Bonchev–Trinajstić information content (AvgIpc) is 2.77. The van der Waals surface area contributed by atoms with Gasteiger partial charge in [0, 0.05) is 33.0 Å². The van der Waals surface area contributed by atoms with Crippen LogP contribution in [0, 0.1) is 17.7 Å². The van der Waals surface area contributed by atoms with Crippen LogP contribution < -0.4 is 0 Å². The first-order valence-corrected chi connectivity index (χ1v) is 9.44. The van der Waals surface area contributed by atoms with E-state index in [0.29, 0.717) is 5.56 Å². The van der Waals surface area contributed by atoms with Crippen LogP contribution in [-0.4, -0.2) is 4.98 Å². The third kappa shape index (κ3) is 3.24. The summed E-state index contributed by atoms with van der Waals surface area (Å²) in [5.74, 6) is 6.17. The molecule has 0 aliphatic rings. The van der Waals surface area contributed by atoms with E-state index in [4.69, 9.17) is 4.98 Å². The quantitative estimate of drug-likeness (QED) is 0.238. The largest absolute Gasteiger partial charge is 0.248 e. The van der Waals surface area contributed by atoms with Gasteiger partial charge in [0.05, 0.1) is 11.0 Å². The second kappa shape index (κ2) is 7.22. The molecule has 29 heavy (non-hydrogen) atoms. The maximum absolute atomic E-state index is 14.8. The van der Waals surface area contributed by atoms with Crippen molar-refractivity contribution in [2.45, 2.75) is 0 Å². The fourth-order valence-electron chi connectivity index (χ4n) is 3.59. The molecule has 5 rings (SSSR count). The molecule has 0 saturated heterocycles. The highest BCUT2D eigenvalue weighted by atomic mass is 19.1. The molecule has 1 aromatic heterocycles.